The number of hydrogen-bond donors (Lipinski definition) is 1. The minimum atomic E-state index is -2.83. The molecule has 0 saturated carbocycles. The second kappa shape index (κ2) is 5.16. The highest BCUT2D eigenvalue weighted by Crippen LogP contribution is 2.21. The predicted octanol–water partition coefficient (Wildman–Crippen LogP) is 0.508. The minimum Gasteiger partial charge on any atom is -0.497 e. The van der Waals surface area contributed by atoms with Crippen LogP contribution in [0.5, 0.6) is 5.75 Å². The maximum atomic E-state index is 11.3. The standard InChI is InChI=1S/C12H18N2O3S/c1-17-11-2-3-12(13)10(8-11)9-14-4-6-18(15,16)7-5-14/h2-3,8H,4-7,9,13H2,1H3. The zero-order valence-corrected chi connectivity index (χ0v) is 11.2. The van der Waals surface area contributed by atoms with Crippen molar-refractivity contribution in [3.05, 3.63) is 23.8 Å². The summed E-state index contributed by atoms with van der Waals surface area (Å²) in [4.78, 5) is 2.10. The highest BCUT2D eigenvalue weighted by molar-refractivity contribution is 7.91. The normalized spacial score (nSPS) is 19.6. The molecule has 18 heavy (non-hydrogen) atoms. The summed E-state index contributed by atoms with van der Waals surface area (Å²) in [7, 11) is -1.21. The van der Waals surface area contributed by atoms with Gasteiger partial charge in [0.15, 0.2) is 9.84 Å². The number of methoxy groups -OCH3 is 1. The lowest BCUT2D eigenvalue weighted by molar-refractivity contribution is 0.287. The van der Waals surface area contributed by atoms with E-state index in [9.17, 15) is 8.42 Å². The average Bonchev–Trinajstić information content (AvgIpc) is 2.34. The molecule has 2 N–H and O–H groups in total. The van der Waals surface area contributed by atoms with E-state index in [-0.39, 0.29) is 11.5 Å². The number of rotatable bonds is 3. The molecule has 1 aliphatic rings. The quantitative estimate of drug-likeness (QED) is 0.810. The molecule has 1 fully saturated rings. The summed E-state index contributed by atoms with van der Waals surface area (Å²) < 4.78 is 27.9. The minimum absolute atomic E-state index is 0.233. The van der Waals surface area contributed by atoms with E-state index in [0.717, 1.165) is 11.3 Å². The number of nitrogens with two attached hydrogens (primary N) is 1. The van der Waals surface area contributed by atoms with Crippen molar-refractivity contribution in [3.8, 4) is 5.75 Å². The first-order valence-electron chi connectivity index (χ1n) is 5.85. The van der Waals surface area contributed by atoms with Crippen molar-refractivity contribution >= 4 is 15.5 Å². The zero-order chi connectivity index (χ0) is 13.2. The summed E-state index contributed by atoms with van der Waals surface area (Å²) in [5, 5.41) is 0. The molecule has 0 aliphatic carbocycles. The summed E-state index contributed by atoms with van der Waals surface area (Å²) in [5.41, 5.74) is 7.61. The average molecular weight is 270 g/mol. The Labute approximate surface area is 107 Å². The van der Waals surface area contributed by atoms with Crippen LogP contribution in [0.4, 0.5) is 5.69 Å². The van der Waals surface area contributed by atoms with Crippen LogP contribution >= 0.6 is 0 Å². The fourth-order valence-electron chi connectivity index (χ4n) is 2.00. The molecule has 0 radical (unpaired) electrons. The molecule has 5 nitrogen and oxygen atoms in total. The Morgan fingerprint density at radius 1 is 1.33 bits per heavy atom. The van der Waals surface area contributed by atoms with Gasteiger partial charge >= 0.3 is 0 Å². The van der Waals surface area contributed by atoms with Crippen molar-refractivity contribution in [3.63, 3.8) is 0 Å². The van der Waals surface area contributed by atoms with E-state index in [2.05, 4.69) is 4.90 Å². The third-order valence-electron chi connectivity index (χ3n) is 3.18. The Morgan fingerprint density at radius 2 is 2.00 bits per heavy atom. The van der Waals surface area contributed by atoms with E-state index in [1.807, 2.05) is 18.2 Å². The Morgan fingerprint density at radius 3 is 2.61 bits per heavy atom. The van der Waals surface area contributed by atoms with Gasteiger partial charge in [-0.25, -0.2) is 8.42 Å². The molecule has 100 valence electrons. The first-order valence-corrected chi connectivity index (χ1v) is 7.67. The number of anilines is 1. The first kappa shape index (κ1) is 13.2. The molecule has 0 bridgehead atoms. The molecule has 6 heteroatoms. The van der Waals surface area contributed by atoms with Gasteiger partial charge in [-0.15, -0.1) is 0 Å². The summed E-state index contributed by atoms with van der Waals surface area (Å²) in [6, 6.07) is 5.53. The number of nitrogens with zero attached hydrogens (tertiary/aromatic N) is 1. The van der Waals surface area contributed by atoms with Gasteiger partial charge in [0.25, 0.3) is 0 Å². The van der Waals surface area contributed by atoms with Crippen molar-refractivity contribution < 1.29 is 13.2 Å². The number of benzene rings is 1. The van der Waals surface area contributed by atoms with Gasteiger partial charge in [-0.05, 0) is 23.8 Å². The van der Waals surface area contributed by atoms with Crippen LogP contribution in [0.3, 0.4) is 0 Å². The molecular formula is C12H18N2O3S. The molecule has 1 heterocycles. The fraction of sp³-hybridized carbons (Fsp3) is 0.500. The Bertz CT molecular complexity index is 514. The first-order chi connectivity index (χ1) is 8.50. The van der Waals surface area contributed by atoms with Gasteiger partial charge in [0.05, 0.1) is 18.6 Å². The van der Waals surface area contributed by atoms with Crippen LogP contribution in [0.1, 0.15) is 5.56 Å². The van der Waals surface area contributed by atoms with Gasteiger partial charge in [0.2, 0.25) is 0 Å². The lowest BCUT2D eigenvalue weighted by atomic mass is 10.1. The van der Waals surface area contributed by atoms with Crippen LogP contribution < -0.4 is 10.5 Å². The molecule has 0 spiro atoms. The molecule has 2 rings (SSSR count). The highest BCUT2D eigenvalue weighted by atomic mass is 32.2. The molecule has 1 saturated heterocycles. The van der Waals surface area contributed by atoms with Crippen molar-refractivity contribution in [2.45, 2.75) is 6.54 Å². The predicted molar refractivity (Wildman–Crippen MR) is 71.3 cm³/mol. The Kier molecular flexibility index (Phi) is 3.77. The largest absolute Gasteiger partial charge is 0.497 e. The number of hydrogen-bond acceptors (Lipinski definition) is 5. The van der Waals surface area contributed by atoms with E-state index < -0.39 is 9.84 Å². The van der Waals surface area contributed by atoms with Crippen LogP contribution in [0.2, 0.25) is 0 Å². The fourth-order valence-corrected chi connectivity index (χ4v) is 3.27. The van der Waals surface area contributed by atoms with E-state index >= 15 is 0 Å². The molecule has 1 aliphatic heterocycles. The number of ether oxygens (including phenoxy) is 1. The van der Waals surface area contributed by atoms with Gasteiger partial charge in [-0.1, -0.05) is 0 Å². The van der Waals surface area contributed by atoms with Gasteiger partial charge in [0.1, 0.15) is 5.75 Å². The van der Waals surface area contributed by atoms with E-state index in [1.54, 1.807) is 7.11 Å². The molecular weight excluding hydrogens is 252 g/mol. The summed E-state index contributed by atoms with van der Waals surface area (Å²) in [5.74, 6) is 1.23. The van der Waals surface area contributed by atoms with Crippen LogP contribution in [0.25, 0.3) is 0 Å². The molecule has 0 aromatic heterocycles. The third kappa shape index (κ3) is 3.14. The summed E-state index contributed by atoms with van der Waals surface area (Å²) >= 11 is 0. The molecule has 0 amide bonds. The molecule has 0 atom stereocenters. The van der Waals surface area contributed by atoms with Crippen LogP contribution in [0, 0.1) is 0 Å². The van der Waals surface area contributed by atoms with Crippen molar-refractivity contribution in [2.75, 3.05) is 37.4 Å². The van der Waals surface area contributed by atoms with E-state index in [4.69, 9.17) is 10.5 Å². The second-order valence-corrected chi connectivity index (χ2v) is 6.80. The monoisotopic (exact) mass is 270 g/mol. The van der Waals surface area contributed by atoms with Gasteiger partial charge < -0.3 is 10.5 Å². The Hall–Kier alpha value is -1.27. The topological polar surface area (TPSA) is 72.6 Å². The van der Waals surface area contributed by atoms with Crippen LogP contribution in [-0.4, -0.2) is 45.0 Å². The zero-order valence-electron chi connectivity index (χ0n) is 10.4. The number of nitrogen functional groups attached to an aromatic ring is 1. The smallest absolute Gasteiger partial charge is 0.152 e. The van der Waals surface area contributed by atoms with E-state index in [1.165, 1.54) is 0 Å². The van der Waals surface area contributed by atoms with Gasteiger partial charge in [0, 0.05) is 25.3 Å². The number of sulfone groups is 1. The molecule has 1 aromatic rings. The molecule has 0 unspecified atom stereocenters. The SMILES string of the molecule is COc1ccc(N)c(CN2CCS(=O)(=O)CC2)c1. The van der Waals surface area contributed by atoms with Crippen molar-refractivity contribution in [2.24, 2.45) is 0 Å². The van der Waals surface area contributed by atoms with Gasteiger partial charge in [-0.2, -0.15) is 0 Å². The lowest BCUT2D eigenvalue weighted by Gasteiger charge is -2.27. The summed E-state index contributed by atoms with van der Waals surface area (Å²) in [6.07, 6.45) is 0. The lowest BCUT2D eigenvalue weighted by Crippen LogP contribution is -2.39. The highest BCUT2D eigenvalue weighted by Gasteiger charge is 2.21. The van der Waals surface area contributed by atoms with E-state index in [0.29, 0.717) is 25.3 Å². The summed E-state index contributed by atoms with van der Waals surface area (Å²) in [6.45, 7) is 1.80. The second-order valence-electron chi connectivity index (χ2n) is 4.49. The van der Waals surface area contributed by atoms with Crippen LogP contribution in [0.15, 0.2) is 18.2 Å². The maximum Gasteiger partial charge on any atom is 0.152 e. The maximum absolute atomic E-state index is 11.3. The molecule has 1 aromatic carbocycles. The van der Waals surface area contributed by atoms with Gasteiger partial charge in [-0.3, -0.25) is 4.90 Å². The van der Waals surface area contributed by atoms with Crippen molar-refractivity contribution in [1.29, 1.82) is 0 Å². The van der Waals surface area contributed by atoms with Crippen molar-refractivity contribution in [1.82, 2.24) is 4.90 Å². The third-order valence-corrected chi connectivity index (χ3v) is 4.79. The Balaban J connectivity index is 2.06. The van der Waals surface area contributed by atoms with Crippen LogP contribution in [-0.2, 0) is 16.4 Å².